The SMILES string of the molecule is CC(=O)Oc1cc2c(cc1OC(C)=O)[C@@H](C)[C@@H]1[C@@]3(C)CCCC(C)(C)[C@@H]3CC[C@]1(C)O2. The van der Waals surface area contributed by atoms with E-state index < -0.39 is 11.9 Å². The van der Waals surface area contributed by atoms with Gasteiger partial charge in [-0.3, -0.25) is 9.59 Å². The quantitative estimate of drug-likeness (QED) is 0.425. The molecule has 5 atom stereocenters. The lowest BCUT2D eigenvalue weighted by Crippen LogP contribution is -2.62. The number of fused-ring (bicyclic) bond motifs is 4. The maximum absolute atomic E-state index is 11.7. The summed E-state index contributed by atoms with van der Waals surface area (Å²) < 4.78 is 17.5. The Labute approximate surface area is 185 Å². The Kier molecular flexibility index (Phi) is 5.18. The number of hydrogen-bond acceptors (Lipinski definition) is 5. The molecule has 2 fully saturated rings. The van der Waals surface area contributed by atoms with Gasteiger partial charge < -0.3 is 14.2 Å². The normalized spacial score (nSPS) is 35.6. The molecule has 1 aromatic carbocycles. The van der Waals surface area contributed by atoms with E-state index in [1.165, 1.54) is 39.5 Å². The summed E-state index contributed by atoms with van der Waals surface area (Å²) >= 11 is 0. The van der Waals surface area contributed by atoms with Crippen LogP contribution in [0.2, 0.25) is 0 Å². The van der Waals surface area contributed by atoms with Gasteiger partial charge in [-0.2, -0.15) is 0 Å². The van der Waals surface area contributed by atoms with Gasteiger partial charge in [-0.05, 0) is 61.3 Å². The minimum absolute atomic E-state index is 0.183. The Morgan fingerprint density at radius 3 is 2.19 bits per heavy atom. The summed E-state index contributed by atoms with van der Waals surface area (Å²) in [4.78, 5) is 23.3. The predicted molar refractivity (Wildman–Crippen MR) is 118 cm³/mol. The molecule has 5 nitrogen and oxygen atoms in total. The van der Waals surface area contributed by atoms with Crippen molar-refractivity contribution in [2.24, 2.45) is 22.7 Å². The first-order valence-corrected chi connectivity index (χ1v) is 11.6. The highest BCUT2D eigenvalue weighted by Crippen LogP contribution is 2.67. The van der Waals surface area contributed by atoms with Crippen molar-refractivity contribution in [1.82, 2.24) is 0 Å². The molecule has 1 heterocycles. The Morgan fingerprint density at radius 1 is 0.968 bits per heavy atom. The molecule has 0 N–H and O–H groups in total. The van der Waals surface area contributed by atoms with Crippen LogP contribution >= 0.6 is 0 Å². The van der Waals surface area contributed by atoms with Crippen molar-refractivity contribution in [2.45, 2.75) is 92.1 Å². The van der Waals surface area contributed by atoms with Crippen molar-refractivity contribution < 1.29 is 23.8 Å². The van der Waals surface area contributed by atoms with E-state index in [1.807, 2.05) is 6.07 Å². The minimum atomic E-state index is -0.459. The average Bonchev–Trinajstić information content (AvgIpc) is 2.60. The number of esters is 2. The fourth-order valence-corrected chi connectivity index (χ4v) is 7.66. The molecule has 2 saturated carbocycles. The van der Waals surface area contributed by atoms with Crippen molar-refractivity contribution in [3.8, 4) is 17.2 Å². The van der Waals surface area contributed by atoms with E-state index in [0.717, 1.165) is 17.7 Å². The molecular weight excluding hydrogens is 392 g/mol. The summed E-state index contributed by atoms with van der Waals surface area (Å²) in [6.45, 7) is 14.6. The lowest BCUT2D eigenvalue weighted by Gasteiger charge is -2.64. The summed E-state index contributed by atoms with van der Waals surface area (Å²) in [5.41, 5.74) is 1.26. The van der Waals surface area contributed by atoms with E-state index in [-0.39, 0.29) is 28.4 Å². The Morgan fingerprint density at radius 2 is 1.58 bits per heavy atom. The number of carbonyl (C=O) groups excluding carboxylic acids is 2. The first-order chi connectivity index (χ1) is 14.4. The van der Waals surface area contributed by atoms with Crippen LogP contribution in [0.3, 0.4) is 0 Å². The van der Waals surface area contributed by atoms with Gasteiger partial charge in [-0.25, -0.2) is 0 Å². The van der Waals surface area contributed by atoms with Crippen LogP contribution in [0, 0.1) is 22.7 Å². The molecule has 0 radical (unpaired) electrons. The largest absolute Gasteiger partial charge is 0.487 e. The monoisotopic (exact) mass is 428 g/mol. The molecule has 0 amide bonds. The number of benzene rings is 1. The molecule has 0 saturated heterocycles. The van der Waals surface area contributed by atoms with E-state index in [1.54, 1.807) is 6.07 Å². The predicted octanol–water partition coefficient (Wildman–Crippen LogP) is 6.03. The van der Waals surface area contributed by atoms with Gasteiger partial charge in [0.15, 0.2) is 11.5 Å². The molecule has 2 aliphatic carbocycles. The maximum Gasteiger partial charge on any atom is 0.308 e. The van der Waals surface area contributed by atoms with E-state index in [0.29, 0.717) is 17.3 Å². The van der Waals surface area contributed by atoms with E-state index >= 15 is 0 Å². The highest BCUT2D eigenvalue weighted by atomic mass is 16.6. The van der Waals surface area contributed by atoms with Crippen LogP contribution in [-0.2, 0) is 9.59 Å². The van der Waals surface area contributed by atoms with Crippen LogP contribution in [0.25, 0.3) is 0 Å². The molecule has 4 rings (SSSR count). The van der Waals surface area contributed by atoms with Crippen molar-refractivity contribution in [2.75, 3.05) is 0 Å². The van der Waals surface area contributed by atoms with Crippen LogP contribution in [0.1, 0.15) is 92.1 Å². The zero-order valence-electron chi connectivity index (χ0n) is 20.0. The molecule has 1 aliphatic heterocycles. The van der Waals surface area contributed by atoms with Crippen molar-refractivity contribution in [3.63, 3.8) is 0 Å². The molecule has 5 heteroatoms. The topological polar surface area (TPSA) is 61.8 Å². The number of rotatable bonds is 2. The standard InChI is InChI=1S/C26H36O5/c1-15-18-13-20(29-16(2)27)21(30-17(3)28)14-19(18)31-26(7)12-9-22-24(4,5)10-8-11-25(22,6)23(15)26/h13-15,22-23H,8-12H2,1-7H3/t15-,22+,23-,25+,26+/m1/s1. The highest BCUT2D eigenvalue weighted by Gasteiger charge is 2.62. The third kappa shape index (κ3) is 3.54. The zero-order chi connectivity index (χ0) is 22.8. The lowest BCUT2D eigenvalue weighted by atomic mass is 9.43. The van der Waals surface area contributed by atoms with Gasteiger partial charge >= 0.3 is 11.9 Å². The number of carbonyl (C=O) groups is 2. The fraction of sp³-hybridized carbons (Fsp3) is 0.692. The molecule has 170 valence electrons. The first kappa shape index (κ1) is 22.2. The van der Waals surface area contributed by atoms with E-state index in [2.05, 4.69) is 34.6 Å². The Hall–Kier alpha value is -2.04. The third-order valence-electron chi connectivity index (χ3n) is 8.49. The average molecular weight is 429 g/mol. The summed E-state index contributed by atoms with van der Waals surface area (Å²) in [6.07, 6.45) is 5.93. The lowest BCUT2D eigenvalue weighted by molar-refractivity contribution is -0.171. The highest BCUT2D eigenvalue weighted by molar-refractivity contribution is 5.74. The molecule has 1 aromatic rings. The van der Waals surface area contributed by atoms with Crippen LogP contribution in [0.5, 0.6) is 17.2 Å². The van der Waals surface area contributed by atoms with Crippen molar-refractivity contribution in [3.05, 3.63) is 17.7 Å². The van der Waals surface area contributed by atoms with Crippen LogP contribution < -0.4 is 14.2 Å². The molecule has 3 aliphatic rings. The van der Waals surface area contributed by atoms with Crippen LogP contribution in [-0.4, -0.2) is 17.5 Å². The summed E-state index contributed by atoms with van der Waals surface area (Å²) in [7, 11) is 0. The Balaban J connectivity index is 1.82. The maximum atomic E-state index is 11.7. The number of hydrogen-bond donors (Lipinski definition) is 0. The molecule has 0 spiro atoms. The van der Waals surface area contributed by atoms with Crippen molar-refractivity contribution in [1.29, 1.82) is 0 Å². The van der Waals surface area contributed by atoms with Crippen molar-refractivity contribution >= 4 is 11.9 Å². The first-order valence-electron chi connectivity index (χ1n) is 11.6. The number of ether oxygens (including phenoxy) is 3. The van der Waals surface area contributed by atoms with E-state index in [9.17, 15) is 9.59 Å². The molecule has 0 unspecified atom stereocenters. The fourth-order valence-electron chi connectivity index (χ4n) is 7.66. The minimum Gasteiger partial charge on any atom is -0.487 e. The summed E-state index contributed by atoms with van der Waals surface area (Å²) in [5, 5.41) is 0. The van der Waals surface area contributed by atoms with E-state index in [4.69, 9.17) is 14.2 Å². The third-order valence-corrected chi connectivity index (χ3v) is 8.49. The van der Waals surface area contributed by atoms with Gasteiger partial charge in [0.25, 0.3) is 0 Å². The summed E-state index contributed by atoms with van der Waals surface area (Å²) in [6, 6.07) is 3.58. The second-order valence-electron chi connectivity index (χ2n) is 11.1. The molecule has 0 bridgehead atoms. The van der Waals surface area contributed by atoms with Gasteiger partial charge in [-0.1, -0.05) is 34.1 Å². The second-order valence-corrected chi connectivity index (χ2v) is 11.1. The van der Waals surface area contributed by atoms with Crippen LogP contribution in [0.4, 0.5) is 0 Å². The molecule has 31 heavy (non-hydrogen) atoms. The second kappa shape index (κ2) is 7.25. The van der Waals surface area contributed by atoms with Gasteiger partial charge in [-0.15, -0.1) is 0 Å². The van der Waals surface area contributed by atoms with Gasteiger partial charge in [0.1, 0.15) is 11.4 Å². The Bertz CT molecular complexity index is 919. The molecule has 0 aromatic heterocycles. The zero-order valence-corrected chi connectivity index (χ0v) is 20.0. The molecular formula is C26H36O5. The van der Waals surface area contributed by atoms with Crippen LogP contribution in [0.15, 0.2) is 12.1 Å². The smallest absolute Gasteiger partial charge is 0.308 e. The summed E-state index contributed by atoms with van der Waals surface area (Å²) in [5.74, 6) is 1.59. The van der Waals surface area contributed by atoms with Gasteiger partial charge in [0, 0.05) is 31.4 Å². The van der Waals surface area contributed by atoms with Gasteiger partial charge in [0.2, 0.25) is 0 Å². The van der Waals surface area contributed by atoms with Gasteiger partial charge in [0.05, 0.1) is 0 Å².